The molecule has 7 N–H and O–H groups in total. The number of hydrogen-bond acceptors (Lipinski definition) is 11. The molecule has 2 heterocycles. The molecule has 1 aliphatic rings. The molecule has 0 spiro atoms. The minimum atomic E-state index is -1.08. The van der Waals surface area contributed by atoms with E-state index in [0.717, 1.165) is 49.4 Å². The number of hydrogen-bond donors (Lipinski definition) is 6. The molecule has 0 saturated heterocycles. The van der Waals surface area contributed by atoms with E-state index in [4.69, 9.17) is 10.5 Å². The summed E-state index contributed by atoms with van der Waals surface area (Å²) in [6.45, 7) is 4.96. The van der Waals surface area contributed by atoms with Gasteiger partial charge in [0.25, 0.3) is 0 Å². The van der Waals surface area contributed by atoms with Gasteiger partial charge in [0.1, 0.15) is 24.2 Å². The molecule has 1 aliphatic carbocycles. The zero-order chi connectivity index (χ0) is 36.1. The van der Waals surface area contributed by atoms with Gasteiger partial charge in [-0.3, -0.25) is 14.4 Å². The Morgan fingerprint density at radius 1 is 1.04 bits per heavy atom. The number of H-pyrrole nitrogens is 1. The number of alkyl carbamates (subject to hydrolysis) is 1. The summed E-state index contributed by atoms with van der Waals surface area (Å²) in [5.41, 5.74) is 5.92. The number of carbonyl (C=O) groups excluding carboxylic acids is 4. The molecule has 1 aromatic carbocycles. The Morgan fingerprint density at radius 3 is 2.40 bits per heavy atom. The van der Waals surface area contributed by atoms with Crippen LogP contribution in [0.5, 0.6) is 0 Å². The van der Waals surface area contributed by atoms with Crippen LogP contribution in [0.25, 0.3) is 0 Å². The molecule has 3 aromatic rings. The standard InChI is InChI=1S/C33H48N10O6S/c1-33(2,3)49-32(48)39-25(15-22-12-8-5-9-13-22)29(46)38-26(16-23-17-35-20-36-23)30(47)37-24(14-21-10-6-4-7-11-21)27(44)19-50-31-40-41-42-43(31)18-28(34)45/h5,8-9,12-13,17,20-21,24-27,44H,4,6-7,10-11,14-16,18-19H2,1-3H3,(H2,34,45)(H,35,36)(H,37,47)(H,38,46)(H,39,48)/t24?,25-,26-,27?/m0/s1. The topological polar surface area (TPSA) is 232 Å². The smallest absolute Gasteiger partial charge is 0.408 e. The molecule has 272 valence electrons. The van der Waals surface area contributed by atoms with Crippen molar-refractivity contribution in [3.63, 3.8) is 0 Å². The van der Waals surface area contributed by atoms with E-state index >= 15 is 0 Å². The van der Waals surface area contributed by atoms with Gasteiger partial charge in [0.15, 0.2) is 0 Å². The maximum absolute atomic E-state index is 14.1. The van der Waals surface area contributed by atoms with Crippen molar-refractivity contribution in [2.24, 2.45) is 11.7 Å². The van der Waals surface area contributed by atoms with E-state index in [-0.39, 0.29) is 25.1 Å². The molecule has 16 nitrogen and oxygen atoms in total. The van der Waals surface area contributed by atoms with Crippen LogP contribution in [-0.2, 0) is 38.5 Å². The third kappa shape index (κ3) is 12.7. The van der Waals surface area contributed by atoms with Crippen molar-refractivity contribution in [3.8, 4) is 0 Å². The summed E-state index contributed by atoms with van der Waals surface area (Å²) >= 11 is 1.14. The molecule has 4 amide bonds. The van der Waals surface area contributed by atoms with Crippen LogP contribution >= 0.6 is 11.8 Å². The number of amides is 4. The van der Waals surface area contributed by atoms with Gasteiger partial charge in [0.05, 0.1) is 18.5 Å². The van der Waals surface area contributed by atoms with Crippen LogP contribution in [0.2, 0.25) is 0 Å². The normalized spacial score (nSPS) is 16.1. The fourth-order valence-corrected chi connectivity index (χ4v) is 6.70. The first-order valence-electron chi connectivity index (χ1n) is 16.8. The summed E-state index contributed by atoms with van der Waals surface area (Å²) < 4.78 is 6.68. The van der Waals surface area contributed by atoms with Crippen LogP contribution in [0.3, 0.4) is 0 Å². The number of benzene rings is 1. The number of nitrogens with one attached hydrogen (secondary N) is 4. The first-order valence-corrected chi connectivity index (χ1v) is 17.8. The predicted octanol–water partition coefficient (Wildman–Crippen LogP) is 1.65. The molecule has 2 aromatic heterocycles. The number of imidazole rings is 1. The lowest BCUT2D eigenvalue weighted by Gasteiger charge is -2.31. The number of aromatic amines is 1. The third-order valence-electron chi connectivity index (χ3n) is 8.19. The third-order valence-corrected chi connectivity index (χ3v) is 9.25. The lowest BCUT2D eigenvalue weighted by Crippen LogP contribution is -2.58. The van der Waals surface area contributed by atoms with Gasteiger partial charge < -0.3 is 36.5 Å². The monoisotopic (exact) mass is 712 g/mol. The van der Waals surface area contributed by atoms with Gasteiger partial charge in [0, 0.05) is 30.5 Å². The Kier molecular flexibility index (Phi) is 14.1. The molecular weight excluding hydrogens is 664 g/mol. The number of aromatic nitrogens is 6. The summed E-state index contributed by atoms with van der Waals surface area (Å²) in [7, 11) is 0. The average molecular weight is 713 g/mol. The summed E-state index contributed by atoms with van der Waals surface area (Å²) in [4.78, 5) is 59.2. The van der Waals surface area contributed by atoms with E-state index in [0.29, 0.717) is 23.2 Å². The van der Waals surface area contributed by atoms with Gasteiger partial charge >= 0.3 is 6.09 Å². The van der Waals surface area contributed by atoms with Gasteiger partial charge in [-0.1, -0.05) is 74.2 Å². The maximum atomic E-state index is 14.1. The lowest BCUT2D eigenvalue weighted by molar-refractivity contribution is -0.130. The van der Waals surface area contributed by atoms with Crippen molar-refractivity contribution < 1.29 is 29.0 Å². The van der Waals surface area contributed by atoms with E-state index < -0.39 is 53.6 Å². The average Bonchev–Trinajstić information content (AvgIpc) is 3.74. The Hall–Kier alpha value is -4.51. The first kappa shape index (κ1) is 38.3. The second-order valence-corrected chi connectivity index (χ2v) is 14.5. The highest BCUT2D eigenvalue weighted by molar-refractivity contribution is 7.99. The highest BCUT2D eigenvalue weighted by Crippen LogP contribution is 2.29. The molecule has 1 fully saturated rings. The molecule has 0 aliphatic heterocycles. The van der Waals surface area contributed by atoms with Crippen LogP contribution < -0.4 is 21.7 Å². The predicted molar refractivity (Wildman–Crippen MR) is 184 cm³/mol. The minimum Gasteiger partial charge on any atom is -0.444 e. The zero-order valence-electron chi connectivity index (χ0n) is 28.7. The number of tetrazole rings is 1. The summed E-state index contributed by atoms with van der Waals surface area (Å²) in [6, 6.07) is 6.39. The van der Waals surface area contributed by atoms with Gasteiger partial charge in [-0.2, -0.15) is 0 Å². The molecule has 0 bridgehead atoms. The summed E-state index contributed by atoms with van der Waals surface area (Å²) in [5.74, 6) is -1.29. The second-order valence-electron chi connectivity index (χ2n) is 13.5. The molecule has 2 unspecified atom stereocenters. The van der Waals surface area contributed by atoms with E-state index in [2.05, 4.69) is 41.4 Å². The Morgan fingerprint density at radius 2 is 1.74 bits per heavy atom. The first-order chi connectivity index (χ1) is 23.9. The summed E-state index contributed by atoms with van der Waals surface area (Å²) in [6.07, 6.45) is 7.27. The second kappa shape index (κ2) is 18.5. The van der Waals surface area contributed by atoms with Crippen LogP contribution in [0, 0.1) is 5.92 Å². The molecule has 1 saturated carbocycles. The van der Waals surface area contributed by atoms with Gasteiger partial charge in [-0.25, -0.2) is 14.5 Å². The number of aliphatic hydroxyl groups is 1. The van der Waals surface area contributed by atoms with Gasteiger partial charge in [-0.15, -0.1) is 5.10 Å². The number of carbonyl (C=O) groups is 4. The van der Waals surface area contributed by atoms with E-state index in [1.54, 1.807) is 27.0 Å². The van der Waals surface area contributed by atoms with Crippen LogP contribution in [-0.4, -0.2) is 94.7 Å². The minimum absolute atomic E-state index is 0.0744. The number of nitrogens with zero attached hydrogens (tertiary/aromatic N) is 5. The SMILES string of the molecule is CC(C)(C)OC(=O)N[C@@H](Cc1ccccc1)C(=O)N[C@@H](Cc1cnc[nH]1)C(=O)NC(CC1CCCCC1)C(O)CSc1nnnn1CC(N)=O. The maximum Gasteiger partial charge on any atom is 0.408 e. The van der Waals surface area contributed by atoms with E-state index in [1.165, 1.54) is 11.0 Å². The van der Waals surface area contributed by atoms with Crippen molar-refractivity contribution >= 4 is 35.6 Å². The van der Waals surface area contributed by atoms with Crippen molar-refractivity contribution in [2.75, 3.05) is 5.75 Å². The molecule has 0 radical (unpaired) electrons. The number of ether oxygens (including phenoxy) is 1. The van der Waals surface area contributed by atoms with Gasteiger partial charge in [0.2, 0.25) is 22.9 Å². The fourth-order valence-electron chi connectivity index (χ4n) is 5.81. The summed E-state index contributed by atoms with van der Waals surface area (Å²) in [5, 5.41) is 31.6. The Balaban J connectivity index is 1.53. The largest absolute Gasteiger partial charge is 0.444 e. The quantitative estimate of drug-likeness (QED) is 0.110. The highest BCUT2D eigenvalue weighted by Gasteiger charge is 2.33. The molecule has 50 heavy (non-hydrogen) atoms. The molecular formula is C33H48N10O6S. The van der Waals surface area contributed by atoms with E-state index in [1.807, 2.05) is 30.3 Å². The molecule has 4 rings (SSSR count). The Bertz CT molecular complexity index is 1520. The van der Waals surface area contributed by atoms with Crippen molar-refractivity contribution in [1.82, 2.24) is 46.1 Å². The number of rotatable bonds is 17. The lowest BCUT2D eigenvalue weighted by atomic mass is 9.83. The Labute approximate surface area is 295 Å². The van der Waals surface area contributed by atoms with Crippen LogP contribution in [0.1, 0.15) is 70.6 Å². The number of thioether (sulfide) groups is 1. The fraction of sp³-hybridized carbons (Fsp3) is 0.576. The number of nitrogens with two attached hydrogens (primary N) is 1. The van der Waals surface area contributed by atoms with Gasteiger partial charge in [-0.05, 0) is 49.1 Å². The highest BCUT2D eigenvalue weighted by atomic mass is 32.2. The zero-order valence-corrected chi connectivity index (χ0v) is 29.5. The van der Waals surface area contributed by atoms with Crippen LogP contribution in [0.15, 0.2) is 48.0 Å². The number of aliphatic hydroxyl groups excluding tert-OH is 1. The van der Waals surface area contributed by atoms with Crippen molar-refractivity contribution in [2.45, 2.75) is 114 Å². The van der Waals surface area contributed by atoms with Crippen LogP contribution in [0.4, 0.5) is 4.79 Å². The van der Waals surface area contributed by atoms with Crippen molar-refractivity contribution in [1.29, 1.82) is 0 Å². The number of primary amides is 1. The molecule has 4 atom stereocenters. The van der Waals surface area contributed by atoms with E-state index in [9.17, 15) is 24.3 Å². The molecule has 17 heteroatoms. The van der Waals surface area contributed by atoms with Crippen molar-refractivity contribution in [3.05, 3.63) is 54.1 Å².